The molecule has 1 heterocycles. The summed E-state index contributed by atoms with van der Waals surface area (Å²) in [6, 6.07) is 4.00. The Bertz CT molecular complexity index is 450. The Morgan fingerprint density at radius 1 is 1.50 bits per heavy atom. The van der Waals surface area contributed by atoms with E-state index in [9.17, 15) is 18.7 Å². The van der Waals surface area contributed by atoms with Gasteiger partial charge in [0.1, 0.15) is 5.75 Å². The van der Waals surface area contributed by atoms with E-state index in [4.69, 9.17) is 16.3 Å². The summed E-state index contributed by atoms with van der Waals surface area (Å²) in [6.45, 7) is 0. The quantitative estimate of drug-likeness (QED) is 0.829. The summed E-state index contributed by atoms with van der Waals surface area (Å²) in [7, 11) is 0. The zero-order valence-electron chi connectivity index (χ0n) is 7.91. The molecule has 1 aromatic rings. The van der Waals surface area contributed by atoms with Crippen molar-refractivity contribution in [3.05, 3.63) is 28.8 Å². The highest BCUT2D eigenvalue weighted by molar-refractivity contribution is 6.31. The van der Waals surface area contributed by atoms with Gasteiger partial charge in [0.2, 0.25) is 0 Å². The van der Waals surface area contributed by atoms with Crippen molar-refractivity contribution < 1.29 is 23.4 Å². The summed E-state index contributed by atoms with van der Waals surface area (Å²) in [5.74, 6) is -3.44. The topological polar surface area (TPSA) is 46.5 Å². The average Bonchev–Trinajstić information content (AvgIpc) is 2.19. The third kappa shape index (κ3) is 1.76. The lowest BCUT2D eigenvalue weighted by Crippen LogP contribution is -2.48. The van der Waals surface area contributed by atoms with Crippen molar-refractivity contribution in [3.63, 3.8) is 0 Å². The van der Waals surface area contributed by atoms with Gasteiger partial charge in [-0.05, 0) is 18.2 Å². The smallest absolute Gasteiger partial charge is 0.302 e. The SMILES string of the molecule is O=C1CC(O)(C(F)F)Oc2ccc(Cl)cc21. The van der Waals surface area contributed by atoms with E-state index in [0.29, 0.717) is 5.02 Å². The van der Waals surface area contributed by atoms with Crippen LogP contribution in [0, 0.1) is 0 Å². The average molecular weight is 249 g/mol. The summed E-state index contributed by atoms with van der Waals surface area (Å²) in [5, 5.41) is 9.71. The van der Waals surface area contributed by atoms with Crippen LogP contribution in [0.5, 0.6) is 5.75 Å². The molecule has 1 N–H and O–H groups in total. The number of hydrogen-bond acceptors (Lipinski definition) is 3. The second-order valence-corrected chi connectivity index (χ2v) is 3.92. The molecule has 86 valence electrons. The van der Waals surface area contributed by atoms with E-state index in [-0.39, 0.29) is 11.3 Å². The normalized spacial score (nSPS) is 24.2. The van der Waals surface area contributed by atoms with Gasteiger partial charge in [0.25, 0.3) is 5.79 Å². The number of fused-ring (bicyclic) bond motifs is 1. The van der Waals surface area contributed by atoms with Crippen molar-refractivity contribution >= 4 is 17.4 Å². The molecule has 16 heavy (non-hydrogen) atoms. The molecule has 0 bridgehead atoms. The molecule has 6 heteroatoms. The van der Waals surface area contributed by atoms with Gasteiger partial charge in [-0.1, -0.05) is 11.6 Å². The maximum absolute atomic E-state index is 12.5. The molecule has 1 atom stereocenters. The number of benzene rings is 1. The second-order valence-electron chi connectivity index (χ2n) is 3.49. The van der Waals surface area contributed by atoms with Crippen LogP contribution in [0.1, 0.15) is 16.8 Å². The van der Waals surface area contributed by atoms with Crippen LogP contribution in [0.4, 0.5) is 8.78 Å². The summed E-state index contributed by atoms with van der Waals surface area (Å²) in [5.41, 5.74) is 0.109. The summed E-state index contributed by atoms with van der Waals surface area (Å²) in [6.07, 6.45) is -3.93. The van der Waals surface area contributed by atoms with Crippen LogP contribution in [0.15, 0.2) is 18.2 Å². The number of carbonyl (C=O) groups is 1. The van der Waals surface area contributed by atoms with Crippen molar-refractivity contribution in [1.82, 2.24) is 0 Å². The van der Waals surface area contributed by atoms with Crippen molar-refractivity contribution in [2.45, 2.75) is 18.6 Å². The van der Waals surface area contributed by atoms with Crippen molar-refractivity contribution in [2.75, 3.05) is 0 Å². The monoisotopic (exact) mass is 248 g/mol. The summed E-state index contributed by atoms with van der Waals surface area (Å²) >= 11 is 5.66. The molecular formula is C10H7ClF2O3. The molecule has 1 aromatic carbocycles. The number of rotatable bonds is 1. The lowest BCUT2D eigenvalue weighted by molar-refractivity contribution is -0.220. The maximum atomic E-state index is 12.5. The van der Waals surface area contributed by atoms with Crippen LogP contribution >= 0.6 is 11.6 Å². The number of halogens is 3. The molecule has 0 radical (unpaired) electrons. The molecule has 3 nitrogen and oxygen atoms in total. The number of hydrogen-bond donors (Lipinski definition) is 1. The van der Waals surface area contributed by atoms with E-state index in [1.54, 1.807) is 0 Å². The Labute approximate surface area is 94.6 Å². The zero-order chi connectivity index (χ0) is 11.9. The Balaban J connectivity index is 2.45. The molecule has 0 fully saturated rings. The molecule has 1 aliphatic rings. The fourth-order valence-corrected chi connectivity index (χ4v) is 1.65. The first kappa shape index (κ1) is 11.3. The van der Waals surface area contributed by atoms with Crippen LogP contribution in [-0.2, 0) is 0 Å². The molecule has 2 rings (SSSR count). The maximum Gasteiger partial charge on any atom is 0.302 e. The van der Waals surface area contributed by atoms with Gasteiger partial charge in [0.05, 0.1) is 12.0 Å². The highest BCUT2D eigenvalue weighted by Crippen LogP contribution is 2.36. The Morgan fingerprint density at radius 3 is 2.81 bits per heavy atom. The van der Waals surface area contributed by atoms with Crippen LogP contribution in [-0.4, -0.2) is 23.1 Å². The fraction of sp³-hybridized carbons (Fsp3) is 0.300. The molecule has 0 spiro atoms. The van der Waals surface area contributed by atoms with E-state index >= 15 is 0 Å². The fourth-order valence-electron chi connectivity index (χ4n) is 1.48. The number of ketones is 1. The first-order valence-electron chi connectivity index (χ1n) is 4.45. The van der Waals surface area contributed by atoms with Crippen LogP contribution in [0.2, 0.25) is 5.02 Å². The van der Waals surface area contributed by atoms with Crippen LogP contribution in [0.3, 0.4) is 0 Å². The zero-order valence-corrected chi connectivity index (χ0v) is 8.67. The van der Waals surface area contributed by atoms with E-state index in [2.05, 4.69) is 0 Å². The molecule has 1 unspecified atom stereocenters. The highest BCUT2D eigenvalue weighted by Gasteiger charge is 2.46. The third-order valence-corrected chi connectivity index (χ3v) is 2.52. The van der Waals surface area contributed by atoms with Crippen LogP contribution in [0.25, 0.3) is 0 Å². The number of alkyl halides is 2. The largest absolute Gasteiger partial charge is 0.455 e. The van der Waals surface area contributed by atoms with Crippen molar-refractivity contribution in [2.24, 2.45) is 0 Å². The molecule has 0 saturated carbocycles. The van der Waals surface area contributed by atoms with Crippen molar-refractivity contribution in [3.8, 4) is 5.75 Å². The number of aliphatic hydroxyl groups is 1. The molecule has 0 saturated heterocycles. The van der Waals surface area contributed by atoms with E-state index in [0.717, 1.165) is 0 Å². The van der Waals surface area contributed by atoms with Gasteiger partial charge in [-0.2, -0.15) is 0 Å². The molecular weight excluding hydrogens is 242 g/mol. The Hall–Kier alpha value is -1.20. The molecule has 1 aliphatic heterocycles. The van der Waals surface area contributed by atoms with Crippen molar-refractivity contribution in [1.29, 1.82) is 0 Å². The summed E-state index contributed by atoms with van der Waals surface area (Å²) < 4.78 is 29.7. The minimum Gasteiger partial charge on any atom is -0.455 e. The van der Waals surface area contributed by atoms with E-state index in [1.165, 1.54) is 18.2 Å². The van der Waals surface area contributed by atoms with Gasteiger partial charge in [0.15, 0.2) is 5.78 Å². The Kier molecular flexibility index (Phi) is 2.59. The predicted molar refractivity (Wildman–Crippen MR) is 52.0 cm³/mol. The summed E-state index contributed by atoms with van der Waals surface area (Å²) in [4.78, 5) is 11.5. The van der Waals surface area contributed by atoms with Gasteiger partial charge in [0, 0.05) is 5.02 Å². The van der Waals surface area contributed by atoms with E-state index < -0.39 is 24.4 Å². The highest BCUT2D eigenvalue weighted by atomic mass is 35.5. The second kappa shape index (κ2) is 3.68. The number of Topliss-reactive ketones (excluding diaryl/α,β-unsaturated/α-hetero) is 1. The minimum atomic E-state index is -3.15. The molecule has 0 amide bonds. The lowest BCUT2D eigenvalue weighted by atomic mass is 9.98. The molecule has 0 aromatic heterocycles. The first-order chi connectivity index (χ1) is 7.42. The Morgan fingerprint density at radius 2 is 2.19 bits per heavy atom. The van der Waals surface area contributed by atoms with Gasteiger partial charge < -0.3 is 9.84 Å². The number of carbonyl (C=O) groups excluding carboxylic acids is 1. The number of ether oxygens (including phenoxy) is 1. The predicted octanol–water partition coefficient (Wildman–Crippen LogP) is 2.26. The third-order valence-electron chi connectivity index (χ3n) is 2.28. The molecule has 0 aliphatic carbocycles. The van der Waals surface area contributed by atoms with Gasteiger partial charge in [-0.15, -0.1) is 0 Å². The lowest BCUT2D eigenvalue weighted by Gasteiger charge is -2.32. The standard InChI is InChI=1S/C10H7ClF2O3/c11-5-1-2-8-6(3-5)7(14)4-10(15,16-8)9(12)13/h1-3,9,15H,4H2. The minimum absolute atomic E-state index is 0.0801. The van der Waals surface area contributed by atoms with Gasteiger partial charge in [-0.25, -0.2) is 8.78 Å². The van der Waals surface area contributed by atoms with Gasteiger partial charge in [-0.3, -0.25) is 4.79 Å². The van der Waals surface area contributed by atoms with Gasteiger partial charge >= 0.3 is 6.43 Å². The van der Waals surface area contributed by atoms with E-state index in [1.807, 2.05) is 0 Å². The van der Waals surface area contributed by atoms with Crippen LogP contribution < -0.4 is 4.74 Å². The first-order valence-corrected chi connectivity index (χ1v) is 4.82.